The van der Waals surface area contributed by atoms with Crippen molar-refractivity contribution in [2.24, 2.45) is 5.92 Å². The van der Waals surface area contributed by atoms with E-state index in [2.05, 4.69) is 28.9 Å². The van der Waals surface area contributed by atoms with E-state index in [0.717, 1.165) is 48.7 Å². The zero-order chi connectivity index (χ0) is 16.8. The van der Waals surface area contributed by atoms with Gasteiger partial charge in [-0.25, -0.2) is 0 Å². The third kappa shape index (κ3) is 4.41. The molecule has 1 N–H and O–H groups in total. The maximum absolute atomic E-state index is 12.9. The molecule has 24 heavy (non-hydrogen) atoms. The van der Waals surface area contributed by atoms with Gasteiger partial charge in [-0.15, -0.1) is 23.1 Å². The highest BCUT2D eigenvalue weighted by atomic mass is 32.2. The zero-order valence-electron chi connectivity index (χ0n) is 14.0. The van der Waals surface area contributed by atoms with Crippen LogP contribution >= 0.6 is 23.1 Å². The van der Waals surface area contributed by atoms with E-state index in [1.807, 2.05) is 30.1 Å². The van der Waals surface area contributed by atoms with Crippen LogP contribution in [0, 0.1) is 5.92 Å². The highest BCUT2D eigenvalue weighted by Gasteiger charge is 2.24. The van der Waals surface area contributed by atoms with Crippen molar-refractivity contribution in [3.63, 3.8) is 0 Å². The molecule has 0 bridgehead atoms. The Morgan fingerprint density at radius 2 is 2.04 bits per heavy atom. The lowest BCUT2D eigenvalue weighted by atomic mass is 9.96. The van der Waals surface area contributed by atoms with Crippen molar-refractivity contribution in [1.29, 1.82) is 0 Å². The van der Waals surface area contributed by atoms with Gasteiger partial charge in [-0.2, -0.15) is 0 Å². The van der Waals surface area contributed by atoms with Gasteiger partial charge in [-0.05, 0) is 55.9 Å². The number of thioether (sulfide) groups is 1. The maximum atomic E-state index is 12.9. The normalized spacial score (nSPS) is 15.6. The van der Waals surface area contributed by atoms with Crippen LogP contribution in [0.3, 0.4) is 0 Å². The molecule has 0 saturated carbocycles. The van der Waals surface area contributed by atoms with E-state index in [4.69, 9.17) is 0 Å². The van der Waals surface area contributed by atoms with Crippen molar-refractivity contribution in [2.75, 3.05) is 26.7 Å². The molecule has 5 heteroatoms. The Morgan fingerprint density at radius 1 is 1.25 bits per heavy atom. The quantitative estimate of drug-likeness (QED) is 0.787. The highest BCUT2D eigenvalue weighted by molar-refractivity contribution is 7.98. The van der Waals surface area contributed by atoms with Gasteiger partial charge in [0.2, 0.25) is 0 Å². The van der Waals surface area contributed by atoms with E-state index in [9.17, 15) is 4.79 Å². The Balaban J connectivity index is 1.64. The monoisotopic (exact) mass is 360 g/mol. The van der Waals surface area contributed by atoms with Crippen molar-refractivity contribution in [3.05, 3.63) is 52.2 Å². The summed E-state index contributed by atoms with van der Waals surface area (Å²) in [4.78, 5) is 17.4. The first-order valence-electron chi connectivity index (χ1n) is 8.46. The van der Waals surface area contributed by atoms with Crippen LogP contribution in [-0.2, 0) is 5.75 Å². The van der Waals surface area contributed by atoms with E-state index >= 15 is 0 Å². The van der Waals surface area contributed by atoms with Crippen molar-refractivity contribution >= 4 is 29.0 Å². The summed E-state index contributed by atoms with van der Waals surface area (Å²) in [6.07, 6.45) is 2.19. The van der Waals surface area contributed by atoms with Gasteiger partial charge in [-0.1, -0.05) is 18.2 Å². The molecular formula is C19H24N2OS2. The molecule has 0 atom stereocenters. The molecule has 0 radical (unpaired) electrons. The molecule has 1 amide bonds. The van der Waals surface area contributed by atoms with E-state index in [1.165, 1.54) is 4.88 Å². The number of nitrogens with one attached hydrogen (secondary N) is 1. The Kier molecular flexibility index (Phi) is 6.35. The fraction of sp³-hybridized carbons (Fsp3) is 0.421. The van der Waals surface area contributed by atoms with Crippen molar-refractivity contribution in [1.82, 2.24) is 10.2 Å². The second kappa shape index (κ2) is 8.70. The van der Waals surface area contributed by atoms with E-state index < -0.39 is 0 Å². The van der Waals surface area contributed by atoms with Crippen molar-refractivity contribution in [3.8, 4) is 0 Å². The lowest BCUT2D eigenvalue weighted by molar-refractivity contribution is 0.0687. The van der Waals surface area contributed by atoms with Crippen LogP contribution in [0.15, 0.2) is 46.7 Å². The van der Waals surface area contributed by atoms with Crippen LogP contribution in [0.5, 0.6) is 0 Å². The third-order valence-corrected chi connectivity index (χ3v) is 6.64. The minimum Gasteiger partial charge on any atom is -0.339 e. The fourth-order valence-electron chi connectivity index (χ4n) is 3.11. The number of carbonyl (C=O) groups is 1. The molecule has 2 aromatic rings. The van der Waals surface area contributed by atoms with Gasteiger partial charge in [0.15, 0.2) is 0 Å². The Bertz CT molecular complexity index is 649. The van der Waals surface area contributed by atoms with Gasteiger partial charge < -0.3 is 10.2 Å². The third-order valence-electron chi connectivity index (χ3n) is 4.46. The van der Waals surface area contributed by atoms with E-state index in [-0.39, 0.29) is 5.91 Å². The number of amides is 1. The molecule has 0 aliphatic carbocycles. The second-order valence-electron chi connectivity index (χ2n) is 6.16. The molecule has 3 nitrogen and oxygen atoms in total. The number of benzene rings is 1. The summed E-state index contributed by atoms with van der Waals surface area (Å²) in [5.41, 5.74) is 0.853. The summed E-state index contributed by atoms with van der Waals surface area (Å²) in [5, 5.41) is 5.35. The number of carbonyl (C=O) groups excluding carboxylic acids is 1. The number of piperidine rings is 1. The number of likely N-dealkylation sites (tertiary alicyclic amines) is 1. The van der Waals surface area contributed by atoms with Gasteiger partial charge in [0, 0.05) is 28.6 Å². The van der Waals surface area contributed by atoms with Crippen LogP contribution < -0.4 is 5.32 Å². The number of hydrogen-bond donors (Lipinski definition) is 1. The van der Waals surface area contributed by atoms with Crippen LogP contribution in [0.1, 0.15) is 28.1 Å². The van der Waals surface area contributed by atoms with Gasteiger partial charge in [0.25, 0.3) is 5.91 Å². The SMILES string of the molecule is CNCC1CCN(C(=O)c2ccccc2SCc2cccs2)CC1. The Labute approximate surface area is 152 Å². The lowest BCUT2D eigenvalue weighted by Crippen LogP contribution is -2.40. The van der Waals surface area contributed by atoms with Crippen LogP contribution in [0.2, 0.25) is 0 Å². The summed E-state index contributed by atoms with van der Waals surface area (Å²) >= 11 is 3.53. The fourth-order valence-corrected chi connectivity index (χ4v) is 4.93. The average Bonchev–Trinajstić information content (AvgIpc) is 3.14. The van der Waals surface area contributed by atoms with E-state index in [0.29, 0.717) is 5.92 Å². The zero-order valence-corrected chi connectivity index (χ0v) is 15.7. The smallest absolute Gasteiger partial charge is 0.254 e. The number of nitrogens with zero attached hydrogens (tertiary/aromatic N) is 1. The largest absolute Gasteiger partial charge is 0.339 e. The summed E-state index contributed by atoms with van der Waals surface area (Å²) < 4.78 is 0. The Hall–Kier alpha value is -1.30. The molecule has 0 spiro atoms. The summed E-state index contributed by atoms with van der Waals surface area (Å²) in [6, 6.07) is 12.3. The molecule has 0 unspecified atom stereocenters. The van der Waals surface area contributed by atoms with Crippen LogP contribution in [-0.4, -0.2) is 37.5 Å². The molecule has 1 saturated heterocycles. The molecule has 1 aliphatic rings. The van der Waals surface area contributed by atoms with Crippen LogP contribution in [0.4, 0.5) is 0 Å². The minimum absolute atomic E-state index is 0.187. The molecule has 1 fully saturated rings. The highest BCUT2D eigenvalue weighted by Crippen LogP contribution is 2.29. The first kappa shape index (κ1) is 17.5. The first-order valence-corrected chi connectivity index (χ1v) is 10.3. The van der Waals surface area contributed by atoms with Gasteiger partial charge in [-0.3, -0.25) is 4.79 Å². The molecule has 128 valence electrons. The summed E-state index contributed by atoms with van der Waals surface area (Å²) in [5.74, 6) is 1.81. The summed E-state index contributed by atoms with van der Waals surface area (Å²) in [6.45, 7) is 2.79. The Morgan fingerprint density at radius 3 is 2.75 bits per heavy atom. The first-order chi connectivity index (χ1) is 11.8. The van der Waals surface area contributed by atoms with Gasteiger partial charge >= 0.3 is 0 Å². The van der Waals surface area contributed by atoms with Crippen molar-refractivity contribution < 1.29 is 4.79 Å². The van der Waals surface area contributed by atoms with Gasteiger partial charge in [0.05, 0.1) is 5.56 Å². The van der Waals surface area contributed by atoms with Crippen molar-refractivity contribution in [2.45, 2.75) is 23.5 Å². The molecule has 1 aromatic carbocycles. The summed E-state index contributed by atoms with van der Waals surface area (Å²) in [7, 11) is 2.00. The van der Waals surface area contributed by atoms with Crippen LogP contribution in [0.25, 0.3) is 0 Å². The minimum atomic E-state index is 0.187. The molecular weight excluding hydrogens is 336 g/mol. The number of hydrogen-bond acceptors (Lipinski definition) is 4. The number of rotatable bonds is 6. The predicted molar refractivity (Wildman–Crippen MR) is 103 cm³/mol. The predicted octanol–water partition coefficient (Wildman–Crippen LogP) is 4.11. The lowest BCUT2D eigenvalue weighted by Gasteiger charge is -2.32. The standard InChI is InChI=1S/C19H24N2OS2/c1-20-13-15-8-10-21(11-9-15)19(22)17-6-2-3-7-18(17)24-14-16-5-4-12-23-16/h2-7,12,15,20H,8-11,13-14H2,1H3. The van der Waals surface area contributed by atoms with E-state index in [1.54, 1.807) is 23.1 Å². The molecule has 3 rings (SSSR count). The second-order valence-corrected chi connectivity index (χ2v) is 8.21. The topological polar surface area (TPSA) is 32.3 Å². The molecule has 1 aliphatic heterocycles. The molecule has 1 aromatic heterocycles. The number of thiophene rings is 1. The maximum Gasteiger partial charge on any atom is 0.254 e. The van der Waals surface area contributed by atoms with Gasteiger partial charge in [0.1, 0.15) is 0 Å². The molecule has 2 heterocycles. The average molecular weight is 361 g/mol.